The van der Waals surface area contributed by atoms with Gasteiger partial charge in [-0.05, 0) is 75.9 Å². The molecule has 1 saturated carbocycles. The Morgan fingerprint density at radius 3 is 1.90 bits per heavy atom. The fraction of sp³-hybridized carbons (Fsp3) is 0.458. The van der Waals surface area contributed by atoms with Gasteiger partial charge in [0.15, 0.2) is 9.84 Å². The maximum Gasteiger partial charge on any atom is 0.416 e. The number of carbonyl (C=O) groups excluding carboxylic acids is 1. The summed E-state index contributed by atoms with van der Waals surface area (Å²) < 4.78 is 157. The summed E-state index contributed by atoms with van der Waals surface area (Å²) in [5, 5.41) is -0.770. The summed E-state index contributed by atoms with van der Waals surface area (Å²) in [4.78, 5) is 10.9. The van der Waals surface area contributed by atoms with Crippen LogP contribution in [0.15, 0.2) is 52.3 Å². The largest absolute Gasteiger partial charge is 0.416 e. The molecular formula is C24H23F8NO5S2. The van der Waals surface area contributed by atoms with E-state index in [1.165, 1.54) is 0 Å². The molecule has 0 aliphatic heterocycles. The molecule has 0 radical (unpaired) electrons. The van der Waals surface area contributed by atoms with E-state index in [2.05, 4.69) is 5.32 Å². The Hall–Kier alpha value is -2.75. The number of hydrogen-bond donors (Lipinski definition) is 1. The molecule has 16 heteroatoms. The highest BCUT2D eigenvalue weighted by atomic mass is 32.2. The van der Waals surface area contributed by atoms with Crippen molar-refractivity contribution in [2.24, 2.45) is 0 Å². The molecule has 2 aromatic carbocycles. The van der Waals surface area contributed by atoms with Crippen molar-refractivity contribution in [2.45, 2.75) is 77.5 Å². The summed E-state index contributed by atoms with van der Waals surface area (Å²) in [5.74, 6) is -2.69. The van der Waals surface area contributed by atoms with Crippen molar-refractivity contribution in [3.63, 3.8) is 0 Å². The van der Waals surface area contributed by atoms with Gasteiger partial charge >= 0.3 is 12.4 Å². The number of halogens is 8. The predicted molar refractivity (Wildman–Crippen MR) is 126 cm³/mol. The highest BCUT2D eigenvalue weighted by Gasteiger charge is 2.50. The van der Waals surface area contributed by atoms with Gasteiger partial charge in [-0.2, -0.15) is 26.3 Å². The first kappa shape index (κ1) is 31.8. The molecule has 222 valence electrons. The molecule has 0 spiro atoms. The molecule has 0 bridgehead atoms. The number of hydrogen-bond acceptors (Lipinski definition) is 5. The van der Waals surface area contributed by atoms with E-state index in [1.54, 1.807) is 0 Å². The SMILES string of the molecule is CC(C)(C(=O)NC1CCC(F)(S(=O)(=O)c2cc(F)cc(C(F)(F)F)c2)CC1)S(=O)(=O)c1cccc(C(F)(F)F)c1. The molecule has 1 aliphatic rings. The van der Waals surface area contributed by atoms with Crippen LogP contribution in [-0.2, 0) is 36.8 Å². The Morgan fingerprint density at radius 2 is 1.38 bits per heavy atom. The number of benzene rings is 2. The van der Waals surface area contributed by atoms with Crippen molar-refractivity contribution >= 4 is 25.6 Å². The van der Waals surface area contributed by atoms with E-state index in [0.717, 1.165) is 26.0 Å². The molecule has 0 saturated heterocycles. The Balaban J connectivity index is 1.77. The number of nitrogens with one attached hydrogen (secondary N) is 1. The molecular weight excluding hydrogens is 598 g/mol. The van der Waals surface area contributed by atoms with Crippen LogP contribution < -0.4 is 5.32 Å². The summed E-state index contributed by atoms with van der Waals surface area (Å²) in [7, 11) is -9.81. The van der Waals surface area contributed by atoms with E-state index in [9.17, 15) is 52.4 Å². The molecule has 0 aromatic heterocycles. The molecule has 40 heavy (non-hydrogen) atoms. The number of alkyl halides is 7. The van der Waals surface area contributed by atoms with Crippen LogP contribution in [0.5, 0.6) is 0 Å². The standard InChI is InChI=1S/C24H23F8NO5S2/c1-21(2,39(35,36)18-5-3-4-14(11-18)23(27,28)29)20(34)33-17-6-8-22(26,9-7-17)40(37,38)19-12-15(24(30,31)32)10-16(25)13-19/h3-5,10-13,17H,6-9H2,1-2H3,(H,33,34). The van der Waals surface area contributed by atoms with Crippen LogP contribution in [0.1, 0.15) is 50.7 Å². The van der Waals surface area contributed by atoms with Gasteiger partial charge in [0, 0.05) is 6.04 Å². The zero-order chi connectivity index (χ0) is 30.5. The van der Waals surface area contributed by atoms with Crippen LogP contribution in [0.2, 0.25) is 0 Å². The van der Waals surface area contributed by atoms with E-state index >= 15 is 4.39 Å². The number of rotatable bonds is 6. The summed E-state index contributed by atoms with van der Waals surface area (Å²) in [6.07, 6.45) is -12.4. The second-order valence-corrected chi connectivity index (χ2v) is 14.6. The zero-order valence-corrected chi connectivity index (χ0v) is 22.5. The summed E-state index contributed by atoms with van der Waals surface area (Å²) in [6, 6.07) is 2.26. The lowest BCUT2D eigenvalue weighted by molar-refractivity contribution is -0.138. The van der Waals surface area contributed by atoms with Gasteiger partial charge in [-0.15, -0.1) is 0 Å². The summed E-state index contributed by atoms with van der Waals surface area (Å²) in [5.41, 5.74) is -2.88. The first-order valence-corrected chi connectivity index (χ1v) is 14.5. The minimum atomic E-state index is -5.13. The van der Waals surface area contributed by atoms with Crippen LogP contribution in [0.4, 0.5) is 35.1 Å². The second kappa shape index (κ2) is 10.3. The lowest BCUT2D eigenvalue weighted by Gasteiger charge is -2.35. The molecule has 1 N–H and O–H groups in total. The maximum atomic E-state index is 15.6. The topological polar surface area (TPSA) is 97.4 Å². The van der Waals surface area contributed by atoms with Crippen LogP contribution in [-0.4, -0.2) is 38.5 Å². The van der Waals surface area contributed by atoms with Gasteiger partial charge in [-0.25, -0.2) is 25.6 Å². The van der Waals surface area contributed by atoms with E-state index < -0.39 is 93.3 Å². The first-order chi connectivity index (χ1) is 18.0. The lowest BCUT2D eigenvalue weighted by Crippen LogP contribution is -2.53. The zero-order valence-electron chi connectivity index (χ0n) is 20.8. The van der Waals surface area contributed by atoms with Crippen molar-refractivity contribution in [2.75, 3.05) is 0 Å². The fourth-order valence-corrected chi connectivity index (χ4v) is 7.35. The normalized spacial score (nSPS) is 21.2. The molecule has 3 rings (SSSR count). The quantitative estimate of drug-likeness (QED) is 0.423. The van der Waals surface area contributed by atoms with E-state index in [4.69, 9.17) is 0 Å². The number of amides is 1. The molecule has 1 fully saturated rings. The van der Waals surface area contributed by atoms with Gasteiger partial charge in [0.25, 0.3) is 0 Å². The first-order valence-electron chi connectivity index (χ1n) is 11.6. The van der Waals surface area contributed by atoms with Crippen molar-refractivity contribution in [3.05, 3.63) is 59.4 Å². The molecule has 1 aliphatic carbocycles. The molecule has 0 unspecified atom stereocenters. The van der Waals surface area contributed by atoms with E-state index in [0.29, 0.717) is 12.1 Å². The predicted octanol–water partition coefficient (Wildman–Crippen LogP) is 5.61. The Morgan fingerprint density at radius 1 is 0.850 bits per heavy atom. The summed E-state index contributed by atoms with van der Waals surface area (Å²) in [6.45, 7) is 1.90. The molecule has 1 amide bonds. The molecule has 0 heterocycles. The van der Waals surface area contributed by atoms with Gasteiger partial charge in [-0.1, -0.05) is 6.07 Å². The van der Waals surface area contributed by atoms with Gasteiger partial charge in [0.1, 0.15) is 10.6 Å². The average Bonchev–Trinajstić information content (AvgIpc) is 2.83. The van der Waals surface area contributed by atoms with Crippen LogP contribution in [0, 0.1) is 5.82 Å². The highest BCUT2D eigenvalue weighted by molar-refractivity contribution is 7.93. The van der Waals surface area contributed by atoms with Crippen molar-refractivity contribution < 1.29 is 56.8 Å². The molecule has 2 aromatic rings. The number of carbonyl (C=O) groups is 1. The Kier molecular flexibility index (Phi) is 8.15. The Labute approximate surface area is 224 Å². The van der Waals surface area contributed by atoms with Crippen LogP contribution in [0.3, 0.4) is 0 Å². The number of sulfone groups is 2. The second-order valence-electron chi connectivity index (χ2n) is 9.85. The van der Waals surface area contributed by atoms with Crippen molar-refractivity contribution in [1.29, 1.82) is 0 Å². The minimum Gasteiger partial charge on any atom is -0.352 e. The van der Waals surface area contributed by atoms with Gasteiger partial charge < -0.3 is 5.32 Å². The van der Waals surface area contributed by atoms with Crippen LogP contribution in [0.25, 0.3) is 0 Å². The monoisotopic (exact) mass is 621 g/mol. The van der Waals surface area contributed by atoms with E-state index in [-0.39, 0.29) is 31.0 Å². The third-order valence-corrected chi connectivity index (χ3v) is 11.4. The third kappa shape index (κ3) is 5.97. The lowest BCUT2D eigenvalue weighted by atomic mass is 9.93. The van der Waals surface area contributed by atoms with E-state index in [1.807, 2.05) is 0 Å². The van der Waals surface area contributed by atoms with Crippen molar-refractivity contribution in [3.8, 4) is 0 Å². The third-order valence-electron chi connectivity index (χ3n) is 6.75. The van der Waals surface area contributed by atoms with Gasteiger partial charge in [0.2, 0.25) is 20.7 Å². The average molecular weight is 622 g/mol. The fourth-order valence-electron chi connectivity index (χ4n) is 4.17. The van der Waals surface area contributed by atoms with Gasteiger partial charge in [0.05, 0.1) is 20.9 Å². The van der Waals surface area contributed by atoms with Crippen molar-refractivity contribution in [1.82, 2.24) is 5.32 Å². The molecule has 0 atom stereocenters. The molecule has 6 nitrogen and oxygen atoms in total. The smallest absolute Gasteiger partial charge is 0.352 e. The van der Waals surface area contributed by atoms with Gasteiger partial charge in [-0.3, -0.25) is 4.79 Å². The summed E-state index contributed by atoms with van der Waals surface area (Å²) >= 11 is 0. The highest BCUT2D eigenvalue weighted by Crippen LogP contribution is 2.42. The Bertz CT molecular complexity index is 1510. The maximum absolute atomic E-state index is 15.6. The minimum absolute atomic E-state index is 0.0610. The van der Waals surface area contributed by atoms with Crippen LogP contribution >= 0.6 is 0 Å².